The van der Waals surface area contributed by atoms with E-state index < -0.39 is 23.7 Å². The minimum atomic E-state index is -4.46. The van der Waals surface area contributed by atoms with Crippen molar-refractivity contribution in [3.05, 3.63) is 70.0 Å². The average molecular weight is 482 g/mol. The third-order valence-electron chi connectivity index (χ3n) is 4.78. The molecular weight excluding hydrogens is 463 g/mol. The summed E-state index contributed by atoms with van der Waals surface area (Å²) in [6.45, 7) is 3.87. The maximum Gasteiger partial charge on any atom is 0.416 e. The Kier molecular flexibility index (Phi) is 6.60. The summed E-state index contributed by atoms with van der Waals surface area (Å²) in [6.07, 6.45) is -3.74. The zero-order valence-electron chi connectivity index (χ0n) is 16.2. The smallest absolute Gasteiger partial charge is 0.340 e. The Labute approximate surface area is 179 Å². The number of carbonyl (C=O) groups excluding carboxylic acids is 1. The van der Waals surface area contributed by atoms with Crippen LogP contribution in [0.5, 0.6) is 0 Å². The Hall–Kier alpha value is -2.68. The number of hydrogen-bond acceptors (Lipinski definition) is 4. The van der Waals surface area contributed by atoms with E-state index in [1.165, 1.54) is 0 Å². The van der Waals surface area contributed by atoms with E-state index in [9.17, 15) is 18.0 Å². The summed E-state index contributed by atoms with van der Waals surface area (Å²) in [6, 6.07) is 10.8. The number of rotatable bonds is 6. The molecule has 2 aromatic carbocycles. The molecule has 9 heteroatoms. The van der Waals surface area contributed by atoms with Gasteiger partial charge in [0.15, 0.2) is 0 Å². The number of nitrogens with zero attached hydrogens (tertiary/aromatic N) is 2. The first-order chi connectivity index (χ1) is 14.2. The van der Waals surface area contributed by atoms with E-state index in [-0.39, 0.29) is 17.4 Å². The molecule has 0 spiro atoms. The molecule has 0 fully saturated rings. The van der Waals surface area contributed by atoms with Crippen LogP contribution in [0.2, 0.25) is 0 Å². The van der Waals surface area contributed by atoms with Gasteiger partial charge in [0.05, 0.1) is 5.56 Å². The van der Waals surface area contributed by atoms with Gasteiger partial charge in [-0.3, -0.25) is 4.79 Å². The van der Waals surface area contributed by atoms with Gasteiger partial charge in [-0.15, -0.1) is 0 Å². The molecule has 1 heterocycles. The van der Waals surface area contributed by atoms with Crippen molar-refractivity contribution in [2.75, 3.05) is 0 Å². The highest BCUT2D eigenvalue weighted by Crippen LogP contribution is 2.30. The van der Waals surface area contributed by atoms with E-state index in [1.54, 1.807) is 0 Å². The molecule has 0 saturated carbocycles. The van der Waals surface area contributed by atoms with Crippen molar-refractivity contribution in [2.24, 2.45) is 5.92 Å². The van der Waals surface area contributed by atoms with Crippen LogP contribution in [-0.2, 0) is 6.18 Å². The predicted octanol–water partition coefficient (Wildman–Crippen LogP) is 6.04. The van der Waals surface area contributed by atoms with Crippen molar-refractivity contribution < 1.29 is 22.5 Å². The van der Waals surface area contributed by atoms with Crippen LogP contribution in [0.1, 0.15) is 48.1 Å². The van der Waals surface area contributed by atoms with Gasteiger partial charge >= 0.3 is 6.18 Å². The van der Waals surface area contributed by atoms with Gasteiger partial charge in [-0.2, -0.15) is 18.2 Å². The second kappa shape index (κ2) is 8.99. The Morgan fingerprint density at radius 3 is 2.33 bits per heavy atom. The topological polar surface area (TPSA) is 68.0 Å². The fourth-order valence-corrected chi connectivity index (χ4v) is 3.06. The Morgan fingerprint density at radius 2 is 1.77 bits per heavy atom. The maximum atomic E-state index is 12.7. The van der Waals surface area contributed by atoms with Gasteiger partial charge in [0.25, 0.3) is 5.91 Å². The number of benzene rings is 2. The largest absolute Gasteiger partial charge is 0.416 e. The summed E-state index contributed by atoms with van der Waals surface area (Å²) in [5.41, 5.74) is 0.0580. The van der Waals surface area contributed by atoms with Crippen LogP contribution < -0.4 is 5.32 Å². The van der Waals surface area contributed by atoms with Crippen LogP contribution in [0.15, 0.2) is 57.5 Å². The van der Waals surface area contributed by atoms with Crippen LogP contribution in [0.4, 0.5) is 13.2 Å². The zero-order valence-corrected chi connectivity index (χ0v) is 17.8. The van der Waals surface area contributed by atoms with Crippen molar-refractivity contribution >= 4 is 21.8 Å². The highest BCUT2D eigenvalue weighted by atomic mass is 79.9. The lowest BCUT2D eigenvalue weighted by molar-refractivity contribution is -0.137. The second-order valence-corrected chi connectivity index (χ2v) is 7.79. The lowest BCUT2D eigenvalue weighted by Gasteiger charge is -2.21. The van der Waals surface area contributed by atoms with Crippen molar-refractivity contribution in [2.45, 2.75) is 32.5 Å². The number of aromatic nitrogens is 2. The summed E-state index contributed by atoms with van der Waals surface area (Å²) in [5.74, 6) is 0.0659. The van der Waals surface area contributed by atoms with Crippen LogP contribution in [0.25, 0.3) is 11.4 Å². The molecule has 0 aliphatic heterocycles. The summed E-state index contributed by atoms with van der Waals surface area (Å²) < 4.78 is 44.5. The normalized spacial score (nSPS) is 13.7. The van der Waals surface area contributed by atoms with E-state index in [4.69, 9.17) is 4.52 Å². The minimum Gasteiger partial charge on any atom is -0.340 e. The number of hydrogen-bond donors (Lipinski definition) is 1. The third-order valence-corrected chi connectivity index (χ3v) is 5.31. The van der Waals surface area contributed by atoms with Gasteiger partial charge in [0.2, 0.25) is 11.7 Å². The van der Waals surface area contributed by atoms with Gasteiger partial charge in [-0.1, -0.05) is 41.4 Å². The number of alkyl halides is 3. The molecule has 0 bridgehead atoms. The summed E-state index contributed by atoms with van der Waals surface area (Å²) in [5, 5.41) is 6.80. The van der Waals surface area contributed by atoms with Gasteiger partial charge < -0.3 is 9.84 Å². The molecule has 3 aromatic rings. The molecule has 1 amide bonds. The van der Waals surface area contributed by atoms with Gasteiger partial charge in [0.1, 0.15) is 6.04 Å². The molecule has 0 aliphatic rings. The Morgan fingerprint density at radius 1 is 1.13 bits per heavy atom. The molecule has 0 unspecified atom stereocenters. The van der Waals surface area contributed by atoms with Crippen molar-refractivity contribution in [3.8, 4) is 11.4 Å². The SMILES string of the molecule is CC[C@@H](C)[C@H](NC(=O)c1ccc(C(F)(F)F)cc1)c1nc(-c2ccc(Br)cc2)no1. The van der Waals surface area contributed by atoms with Crippen LogP contribution in [0, 0.1) is 5.92 Å². The first kappa shape index (κ1) is 22.0. The average Bonchev–Trinajstić information content (AvgIpc) is 3.21. The molecule has 0 saturated heterocycles. The molecule has 2 atom stereocenters. The van der Waals surface area contributed by atoms with E-state index in [2.05, 4.69) is 31.4 Å². The molecule has 1 N–H and O–H groups in total. The summed E-state index contributed by atoms with van der Waals surface area (Å²) >= 11 is 3.37. The monoisotopic (exact) mass is 481 g/mol. The van der Waals surface area contributed by atoms with E-state index >= 15 is 0 Å². The fourth-order valence-electron chi connectivity index (χ4n) is 2.80. The van der Waals surface area contributed by atoms with Crippen molar-refractivity contribution in [3.63, 3.8) is 0 Å². The number of nitrogens with one attached hydrogen (secondary N) is 1. The molecule has 0 radical (unpaired) electrons. The summed E-state index contributed by atoms with van der Waals surface area (Å²) in [7, 11) is 0. The first-order valence-corrected chi connectivity index (χ1v) is 10.1. The lowest BCUT2D eigenvalue weighted by atomic mass is 9.98. The van der Waals surface area contributed by atoms with E-state index in [1.807, 2.05) is 38.1 Å². The van der Waals surface area contributed by atoms with Crippen LogP contribution >= 0.6 is 15.9 Å². The Balaban J connectivity index is 1.81. The highest BCUT2D eigenvalue weighted by molar-refractivity contribution is 9.10. The number of amides is 1. The fraction of sp³-hybridized carbons (Fsp3) is 0.286. The molecule has 5 nitrogen and oxygen atoms in total. The van der Waals surface area contributed by atoms with Gasteiger partial charge in [0, 0.05) is 15.6 Å². The zero-order chi connectivity index (χ0) is 21.9. The lowest BCUT2D eigenvalue weighted by Crippen LogP contribution is -2.32. The number of carbonyl (C=O) groups is 1. The van der Waals surface area contributed by atoms with Crippen LogP contribution in [0.3, 0.4) is 0 Å². The predicted molar refractivity (Wildman–Crippen MR) is 109 cm³/mol. The molecule has 30 heavy (non-hydrogen) atoms. The van der Waals surface area contributed by atoms with Gasteiger partial charge in [-0.05, 0) is 54.4 Å². The molecule has 158 valence electrons. The van der Waals surface area contributed by atoms with Crippen molar-refractivity contribution in [1.29, 1.82) is 0 Å². The third kappa shape index (κ3) is 5.08. The first-order valence-electron chi connectivity index (χ1n) is 9.26. The summed E-state index contributed by atoms with van der Waals surface area (Å²) in [4.78, 5) is 17.1. The highest BCUT2D eigenvalue weighted by Gasteiger charge is 2.31. The quantitative estimate of drug-likeness (QED) is 0.466. The molecule has 1 aromatic heterocycles. The van der Waals surface area contributed by atoms with Crippen molar-refractivity contribution in [1.82, 2.24) is 15.5 Å². The standard InChI is InChI=1S/C21H19BrF3N3O2/c1-3-12(2)17(20-27-18(28-30-20)13-6-10-16(22)11-7-13)26-19(29)14-4-8-15(9-5-14)21(23,24)25/h4-12,17H,3H2,1-2H3,(H,26,29)/t12-,17+/m1/s1. The minimum absolute atomic E-state index is 0.0402. The number of halogens is 4. The molecule has 3 rings (SSSR count). The second-order valence-electron chi connectivity index (χ2n) is 6.87. The van der Waals surface area contributed by atoms with Crippen LogP contribution in [-0.4, -0.2) is 16.0 Å². The van der Waals surface area contributed by atoms with Gasteiger partial charge in [-0.25, -0.2) is 0 Å². The Bertz CT molecular complexity index is 1000. The maximum absolute atomic E-state index is 12.7. The molecular formula is C21H19BrF3N3O2. The van der Waals surface area contributed by atoms with E-state index in [0.717, 1.165) is 34.3 Å². The molecule has 0 aliphatic carbocycles. The van der Waals surface area contributed by atoms with E-state index in [0.29, 0.717) is 12.2 Å².